The smallest absolute Gasteiger partial charge is 0.306 e. The minimum absolute atomic E-state index is 0.0612. The fourth-order valence-corrected chi connectivity index (χ4v) is 12.9. The number of furan rings is 1. The number of fused-ring (bicyclic) bond motifs is 7. The molecule has 1 aromatic rings. The summed E-state index contributed by atoms with van der Waals surface area (Å²) in [6, 6.07) is 1.59. The van der Waals surface area contributed by atoms with E-state index in [1.807, 2.05) is 6.92 Å². The van der Waals surface area contributed by atoms with E-state index in [-0.39, 0.29) is 38.1 Å². The van der Waals surface area contributed by atoms with E-state index in [0.29, 0.717) is 11.3 Å². The van der Waals surface area contributed by atoms with Crippen LogP contribution in [-0.2, 0) is 52.3 Å². The van der Waals surface area contributed by atoms with Gasteiger partial charge in [-0.25, -0.2) is 0 Å². The van der Waals surface area contributed by atoms with Crippen LogP contribution in [0.2, 0.25) is 0 Å². The van der Waals surface area contributed by atoms with Gasteiger partial charge in [0.25, 0.3) is 5.97 Å². The number of methoxy groups -OCH3 is 1. The number of carbonyl (C=O) groups excluding carboxylic acids is 5. The second-order valence-electron chi connectivity index (χ2n) is 15.7. The molecule has 3 spiro atoms. The molecule has 14 heteroatoms. The van der Waals surface area contributed by atoms with Gasteiger partial charge in [0.1, 0.15) is 35.3 Å². The van der Waals surface area contributed by atoms with E-state index in [0.717, 1.165) is 0 Å². The standard InChI is InChI=1S/C34H38O14/c1-7-20(36)45-26-32(40)25(44-15(2)35)28(4)13-31(32)30(14-43-22(38)10-18(28)30)34-17-12-27(3,24(39)16-8-9-42-23(16)17)19(11-21(37)41-6)33(26,34)47-29(5,46-31)48-34/h8-9,17-19,25-26,40H,7,10-14H2,1-6H3/t17-,18+,19-,25+,26+,27-,28-,29?,30-,31-,32+,33-,34+/m1/s1. The average molecular weight is 671 g/mol. The molecule has 1 unspecified atom stereocenters. The maximum absolute atomic E-state index is 14.6. The number of ketones is 1. The molecule has 4 saturated carbocycles. The van der Waals surface area contributed by atoms with Crippen molar-refractivity contribution in [2.75, 3.05) is 13.7 Å². The lowest BCUT2D eigenvalue weighted by molar-refractivity contribution is -0.488. The van der Waals surface area contributed by atoms with Crippen LogP contribution in [0.1, 0.15) is 88.8 Å². The zero-order valence-corrected chi connectivity index (χ0v) is 27.5. The number of carbonyl (C=O) groups is 5. The van der Waals surface area contributed by atoms with E-state index >= 15 is 0 Å². The molecule has 9 rings (SSSR count). The summed E-state index contributed by atoms with van der Waals surface area (Å²) in [5.41, 5.74) is -11.5. The fourth-order valence-electron chi connectivity index (χ4n) is 12.9. The first-order valence-electron chi connectivity index (χ1n) is 16.6. The Labute approximate surface area is 275 Å². The summed E-state index contributed by atoms with van der Waals surface area (Å²) < 4.78 is 51.0. The van der Waals surface area contributed by atoms with Gasteiger partial charge in [-0.2, -0.15) is 0 Å². The van der Waals surface area contributed by atoms with Gasteiger partial charge in [-0.15, -0.1) is 0 Å². The first-order valence-corrected chi connectivity index (χ1v) is 16.6. The SMILES string of the molecule is CCC(=O)O[C@H]1[C@@]2(O)[C@@H](OC(C)=O)[C@]3(C)C[C@]24OC2(C)O[C@]15[C@H](CC(=O)OC)[C@@]1(C)C[C@H](c6occc6C1=O)[C@]5(O2)[C@@]41COC(=O)C[C@@H]31. The average Bonchev–Trinajstić information content (AvgIpc) is 3.71. The molecule has 8 aliphatic rings. The lowest BCUT2D eigenvalue weighted by Gasteiger charge is -2.78. The zero-order chi connectivity index (χ0) is 34.2. The van der Waals surface area contributed by atoms with Gasteiger partial charge in [0, 0.05) is 43.4 Å². The van der Waals surface area contributed by atoms with E-state index in [1.165, 1.54) is 20.3 Å². The minimum atomic E-state index is -2.34. The summed E-state index contributed by atoms with van der Waals surface area (Å²) >= 11 is 0. The molecular formula is C34H38O14. The first kappa shape index (κ1) is 30.7. The molecule has 0 aromatic carbocycles. The Morgan fingerprint density at radius 3 is 2.48 bits per heavy atom. The van der Waals surface area contributed by atoms with Crippen LogP contribution < -0.4 is 0 Å². The fraction of sp³-hybridized carbons (Fsp3) is 0.735. The summed E-state index contributed by atoms with van der Waals surface area (Å²) in [7, 11) is 1.23. The summed E-state index contributed by atoms with van der Waals surface area (Å²) in [5, 5.41) is 13.7. The molecule has 4 heterocycles. The van der Waals surface area contributed by atoms with Gasteiger partial charge in [0.15, 0.2) is 17.5 Å². The van der Waals surface area contributed by atoms with Gasteiger partial charge < -0.3 is 42.7 Å². The van der Waals surface area contributed by atoms with Crippen molar-refractivity contribution in [3.05, 3.63) is 23.7 Å². The Bertz CT molecular complexity index is 1750. The zero-order valence-electron chi connectivity index (χ0n) is 27.5. The topological polar surface area (TPSA) is 183 Å². The van der Waals surface area contributed by atoms with Crippen molar-refractivity contribution in [2.45, 2.75) is 113 Å². The van der Waals surface area contributed by atoms with Crippen LogP contribution >= 0.6 is 0 Å². The molecule has 0 radical (unpaired) electrons. The van der Waals surface area contributed by atoms with E-state index in [2.05, 4.69) is 0 Å². The molecule has 3 saturated heterocycles. The Morgan fingerprint density at radius 1 is 1.04 bits per heavy atom. The predicted octanol–water partition coefficient (Wildman–Crippen LogP) is 2.09. The minimum Gasteiger partial charge on any atom is -0.469 e. The number of cyclic esters (lactones) is 1. The van der Waals surface area contributed by atoms with Crippen molar-refractivity contribution < 1.29 is 66.7 Å². The van der Waals surface area contributed by atoms with Crippen LogP contribution in [0.15, 0.2) is 16.7 Å². The van der Waals surface area contributed by atoms with E-state index in [9.17, 15) is 29.1 Å². The lowest BCUT2D eigenvalue weighted by atomic mass is 9.30. The largest absolute Gasteiger partial charge is 0.469 e. The van der Waals surface area contributed by atoms with Crippen molar-refractivity contribution in [2.24, 2.45) is 28.1 Å². The Balaban J connectivity index is 1.47. The van der Waals surface area contributed by atoms with Crippen LogP contribution in [0.5, 0.6) is 0 Å². The Morgan fingerprint density at radius 2 is 1.79 bits per heavy atom. The highest BCUT2D eigenvalue weighted by molar-refractivity contribution is 6.03. The third kappa shape index (κ3) is 2.70. The number of rotatable bonds is 5. The third-order valence-corrected chi connectivity index (χ3v) is 13.9. The molecule has 14 nitrogen and oxygen atoms in total. The quantitative estimate of drug-likeness (QED) is 0.355. The monoisotopic (exact) mass is 670 g/mol. The van der Waals surface area contributed by atoms with Crippen LogP contribution in [0.3, 0.4) is 0 Å². The van der Waals surface area contributed by atoms with Gasteiger partial charge in [0.2, 0.25) is 0 Å². The molecule has 6 bridgehead atoms. The molecule has 7 fully saturated rings. The van der Waals surface area contributed by atoms with Crippen molar-refractivity contribution in [3.8, 4) is 0 Å². The highest BCUT2D eigenvalue weighted by atomic mass is 16.9. The van der Waals surface area contributed by atoms with E-state index in [4.69, 9.17) is 37.6 Å². The molecule has 3 aliphatic heterocycles. The van der Waals surface area contributed by atoms with E-state index in [1.54, 1.807) is 26.8 Å². The number of aliphatic hydroxyl groups is 1. The van der Waals surface area contributed by atoms with E-state index < -0.39 is 105 Å². The summed E-state index contributed by atoms with van der Waals surface area (Å²) in [4.78, 5) is 67.9. The van der Waals surface area contributed by atoms with Crippen molar-refractivity contribution in [1.82, 2.24) is 0 Å². The van der Waals surface area contributed by atoms with Gasteiger partial charge >= 0.3 is 23.9 Å². The van der Waals surface area contributed by atoms with Crippen LogP contribution in [0.25, 0.3) is 0 Å². The number of ether oxygens (including phenoxy) is 7. The molecule has 1 aromatic heterocycles. The Kier molecular flexibility index (Phi) is 5.44. The summed E-state index contributed by atoms with van der Waals surface area (Å²) in [6.45, 7) is 7.63. The number of esters is 4. The summed E-state index contributed by atoms with van der Waals surface area (Å²) in [6.07, 6.45) is -2.11. The third-order valence-electron chi connectivity index (χ3n) is 13.9. The van der Waals surface area contributed by atoms with Crippen molar-refractivity contribution in [3.63, 3.8) is 0 Å². The molecule has 258 valence electrons. The van der Waals surface area contributed by atoms with Gasteiger partial charge in [0.05, 0.1) is 36.7 Å². The molecule has 0 amide bonds. The first-order chi connectivity index (χ1) is 22.5. The number of Topliss-reactive ketones (excluding diaryl/α,β-unsaturated/α-hetero) is 1. The van der Waals surface area contributed by atoms with Crippen LogP contribution in [0.4, 0.5) is 0 Å². The molecular weight excluding hydrogens is 632 g/mol. The van der Waals surface area contributed by atoms with Crippen molar-refractivity contribution in [1.29, 1.82) is 0 Å². The predicted molar refractivity (Wildman–Crippen MR) is 153 cm³/mol. The lowest BCUT2D eigenvalue weighted by Crippen LogP contribution is -2.96. The highest BCUT2D eigenvalue weighted by Crippen LogP contribution is 2.91. The second kappa shape index (κ2) is 8.51. The normalized spacial score (nSPS) is 52.6. The van der Waals surface area contributed by atoms with Gasteiger partial charge in [-0.05, 0) is 24.8 Å². The highest BCUT2D eigenvalue weighted by Gasteiger charge is 3.06. The number of hydrogen-bond donors (Lipinski definition) is 1. The second-order valence-corrected chi connectivity index (χ2v) is 15.7. The molecule has 5 aliphatic carbocycles. The van der Waals surface area contributed by atoms with Crippen molar-refractivity contribution >= 4 is 29.7 Å². The van der Waals surface area contributed by atoms with Gasteiger partial charge in [-0.3, -0.25) is 24.0 Å². The molecule has 48 heavy (non-hydrogen) atoms. The summed E-state index contributed by atoms with van der Waals surface area (Å²) in [5.74, 6) is -7.19. The molecule has 13 atom stereocenters. The molecule has 1 N–H and O–H groups in total. The Hall–Kier alpha value is -3.33. The maximum atomic E-state index is 14.6. The maximum Gasteiger partial charge on any atom is 0.306 e. The number of hydrogen-bond acceptors (Lipinski definition) is 14. The van der Waals surface area contributed by atoms with Crippen LogP contribution in [-0.4, -0.2) is 89.1 Å². The van der Waals surface area contributed by atoms with Gasteiger partial charge in [-0.1, -0.05) is 20.8 Å². The van der Waals surface area contributed by atoms with Crippen LogP contribution in [0, 0.1) is 28.1 Å².